The number of benzene rings is 2. The van der Waals surface area contributed by atoms with Crippen LogP contribution in [0.25, 0.3) is 0 Å². The van der Waals surface area contributed by atoms with Gasteiger partial charge in [0, 0.05) is 12.6 Å². The molecular formula is C18H21NO5S. The Bertz CT molecular complexity index is 835. The second-order valence-corrected chi connectivity index (χ2v) is 7.28. The van der Waals surface area contributed by atoms with E-state index >= 15 is 0 Å². The van der Waals surface area contributed by atoms with Gasteiger partial charge in [0.05, 0.1) is 4.90 Å². The van der Waals surface area contributed by atoms with Crippen molar-refractivity contribution in [3.63, 3.8) is 0 Å². The van der Waals surface area contributed by atoms with Crippen LogP contribution in [0.4, 0.5) is 0 Å². The predicted molar refractivity (Wildman–Crippen MR) is 93.9 cm³/mol. The Balaban J connectivity index is 1.59. The zero-order valence-electron chi connectivity index (χ0n) is 14.0. The van der Waals surface area contributed by atoms with E-state index in [0.29, 0.717) is 24.7 Å². The summed E-state index contributed by atoms with van der Waals surface area (Å²) in [6, 6.07) is 12.3. The lowest BCUT2D eigenvalue weighted by Crippen LogP contribution is -2.28. The van der Waals surface area contributed by atoms with Crippen LogP contribution in [-0.2, 0) is 16.4 Å². The average Bonchev–Trinajstić information content (AvgIpc) is 2.65. The van der Waals surface area contributed by atoms with Gasteiger partial charge >= 0.3 is 0 Å². The van der Waals surface area contributed by atoms with Gasteiger partial charge in [0.15, 0.2) is 11.5 Å². The van der Waals surface area contributed by atoms with E-state index in [0.717, 1.165) is 17.7 Å². The van der Waals surface area contributed by atoms with Gasteiger partial charge in [0.1, 0.15) is 25.6 Å². The highest BCUT2D eigenvalue weighted by molar-refractivity contribution is 7.89. The topological polar surface area (TPSA) is 73.9 Å². The summed E-state index contributed by atoms with van der Waals surface area (Å²) in [5, 5.41) is 0. The van der Waals surface area contributed by atoms with Crippen LogP contribution in [0.3, 0.4) is 0 Å². The van der Waals surface area contributed by atoms with E-state index in [1.807, 2.05) is 31.2 Å². The van der Waals surface area contributed by atoms with Gasteiger partial charge in [-0.05, 0) is 30.2 Å². The molecule has 2 aromatic rings. The molecule has 134 valence electrons. The van der Waals surface area contributed by atoms with Crippen LogP contribution >= 0.6 is 0 Å². The highest BCUT2D eigenvalue weighted by Gasteiger charge is 2.19. The molecule has 1 aliphatic rings. The molecule has 0 saturated carbocycles. The molecule has 1 N–H and O–H groups in total. The number of aryl methyl sites for hydroxylation is 1. The SMILES string of the molecule is CCc1ccccc1OCCNS(=O)(=O)c1ccc2c(c1)OCCO2. The van der Waals surface area contributed by atoms with Gasteiger partial charge in [0.25, 0.3) is 0 Å². The number of para-hydroxylation sites is 1. The van der Waals surface area contributed by atoms with Crippen molar-refractivity contribution >= 4 is 10.0 Å². The molecule has 0 saturated heterocycles. The minimum Gasteiger partial charge on any atom is -0.492 e. The molecule has 0 bridgehead atoms. The van der Waals surface area contributed by atoms with Crippen molar-refractivity contribution in [2.45, 2.75) is 18.2 Å². The number of hydrogen-bond acceptors (Lipinski definition) is 5. The molecule has 2 aromatic carbocycles. The quantitative estimate of drug-likeness (QED) is 0.765. The first-order valence-corrected chi connectivity index (χ1v) is 9.68. The van der Waals surface area contributed by atoms with Crippen LogP contribution in [0, 0.1) is 0 Å². The van der Waals surface area contributed by atoms with Crippen LogP contribution in [-0.4, -0.2) is 34.8 Å². The fraction of sp³-hybridized carbons (Fsp3) is 0.333. The standard InChI is InChI=1S/C18H21NO5S/c1-2-14-5-3-4-6-16(14)22-10-9-19-25(20,21)15-7-8-17-18(13-15)24-12-11-23-17/h3-8,13,19H,2,9-12H2,1H3. The molecule has 25 heavy (non-hydrogen) atoms. The third kappa shape index (κ3) is 4.24. The van der Waals surface area contributed by atoms with Gasteiger partial charge in [0.2, 0.25) is 10.0 Å². The van der Waals surface area contributed by atoms with E-state index in [-0.39, 0.29) is 18.0 Å². The first-order chi connectivity index (χ1) is 12.1. The Morgan fingerprint density at radius 1 is 1.08 bits per heavy atom. The second kappa shape index (κ2) is 7.76. The fourth-order valence-corrected chi connectivity index (χ4v) is 3.58. The molecule has 0 radical (unpaired) electrons. The zero-order chi connectivity index (χ0) is 17.7. The van der Waals surface area contributed by atoms with Gasteiger partial charge in [-0.25, -0.2) is 13.1 Å². The summed E-state index contributed by atoms with van der Waals surface area (Å²) in [6.45, 7) is 3.35. The number of ether oxygens (including phenoxy) is 3. The number of hydrogen-bond donors (Lipinski definition) is 1. The lowest BCUT2D eigenvalue weighted by atomic mass is 10.1. The molecule has 0 spiro atoms. The third-order valence-corrected chi connectivity index (χ3v) is 5.29. The van der Waals surface area contributed by atoms with Gasteiger partial charge < -0.3 is 14.2 Å². The first kappa shape index (κ1) is 17.6. The van der Waals surface area contributed by atoms with Crippen LogP contribution in [0.15, 0.2) is 47.4 Å². The van der Waals surface area contributed by atoms with Crippen LogP contribution in [0.2, 0.25) is 0 Å². The van der Waals surface area contributed by atoms with Crippen molar-refractivity contribution in [3.8, 4) is 17.2 Å². The average molecular weight is 363 g/mol. The lowest BCUT2D eigenvalue weighted by Gasteiger charge is -2.19. The lowest BCUT2D eigenvalue weighted by molar-refractivity contribution is 0.171. The monoisotopic (exact) mass is 363 g/mol. The maximum Gasteiger partial charge on any atom is 0.240 e. The number of nitrogens with one attached hydrogen (secondary N) is 1. The highest BCUT2D eigenvalue weighted by atomic mass is 32.2. The fourth-order valence-electron chi connectivity index (χ4n) is 2.55. The van der Waals surface area contributed by atoms with Gasteiger partial charge in [-0.15, -0.1) is 0 Å². The molecule has 0 aromatic heterocycles. The Hall–Kier alpha value is -2.25. The molecule has 7 heteroatoms. The summed E-state index contributed by atoms with van der Waals surface area (Å²) in [6.07, 6.45) is 0.860. The van der Waals surface area contributed by atoms with Gasteiger partial charge in [-0.1, -0.05) is 25.1 Å². The van der Waals surface area contributed by atoms with Crippen molar-refractivity contribution in [3.05, 3.63) is 48.0 Å². The largest absolute Gasteiger partial charge is 0.492 e. The van der Waals surface area contributed by atoms with Crippen LogP contribution in [0.1, 0.15) is 12.5 Å². The maximum absolute atomic E-state index is 12.4. The third-order valence-electron chi connectivity index (χ3n) is 3.83. The summed E-state index contributed by atoms with van der Waals surface area (Å²) >= 11 is 0. The molecule has 0 aliphatic carbocycles. The Morgan fingerprint density at radius 2 is 1.84 bits per heavy atom. The summed E-state index contributed by atoms with van der Waals surface area (Å²) in [5.74, 6) is 1.79. The van der Waals surface area contributed by atoms with Crippen molar-refractivity contribution in [1.29, 1.82) is 0 Å². The smallest absolute Gasteiger partial charge is 0.240 e. The van der Waals surface area contributed by atoms with Crippen LogP contribution in [0.5, 0.6) is 17.2 Å². The van der Waals surface area contributed by atoms with E-state index in [4.69, 9.17) is 14.2 Å². The Morgan fingerprint density at radius 3 is 2.64 bits per heavy atom. The van der Waals surface area contributed by atoms with Crippen LogP contribution < -0.4 is 18.9 Å². The molecule has 0 atom stereocenters. The number of rotatable bonds is 7. The molecule has 3 rings (SSSR count). The first-order valence-electron chi connectivity index (χ1n) is 8.20. The Kier molecular flexibility index (Phi) is 5.45. The predicted octanol–water partition coefficient (Wildman–Crippen LogP) is 2.38. The van der Waals surface area contributed by atoms with Crippen molar-refractivity contribution in [2.24, 2.45) is 0 Å². The highest BCUT2D eigenvalue weighted by Crippen LogP contribution is 2.32. The molecule has 6 nitrogen and oxygen atoms in total. The van der Waals surface area contributed by atoms with Crippen molar-refractivity contribution in [2.75, 3.05) is 26.4 Å². The molecule has 1 heterocycles. The van der Waals surface area contributed by atoms with Gasteiger partial charge in [-0.3, -0.25) is 0 Å². The zero-order valence-corrected chi connectivity index (χ0v) is 14.8. The number of sulfonamides is 1. The summed E-state index contributed by atoms with van der Waals surface area (Å²) in [5.41, 5.74) is 1.09. The molecule has 1 aliphatic heterocycles. The Labute approximate surface area is 147 Å². The van der Waals surface area contributed by atoms with E-state index < -0.39 is 10.0 Å². The van der Waals surface area contributed by atoms with E-state index in [1.54, 1.807) is 6.07 Å². The minimum atomic E-state index is -3.63. The summed E-state index contributed by atoms with van der Waals surface area (Å²) < 4.78 is 43.8. The second-order valence-electron chi connectivity index (χ2n) is 5.51. The summed E-state index contributed by atoms with van der Waals surface area (Å²) in [7, 11) is -3.63. The number of fused-ring (bicyclic) bond motifs is 1. The normalized spacial score (nSPS) is 13.5. The van der Waals surface area contributed by atoms with Crippen molar-refractivity contribution in [1.82, 2.24) is 4.72 Å². The molecule has 0 unspecified atom stereocenters. The van der Waals surface area contributed by atoms with E-state index in [9.17, 15) is 8.42 Å². The molecule has 0 amide bonds. The van der Waals surface area contributed by atoms with Gasteiger partial charge in [-0.2, -0.15) is 0 Å². The molecular weight excluding hydrogens is 342 g/mol. The minimum absolute atomic E-state index is 0.144. The summed E-state index contributed by atoms with van der Waals surface area (Å²) in [4.78, 5) is 0.144. The van der Waals surface area contributed by atoms with Crippen molar-refractivity contribution < 1.29 is 22.6 Å². The van der Waals surface area contributed by atoms with E-state index in [2.05, 4.69) is 4.72 Å². The molecule has 0 fully saturated rings. The maximum atomic E-state index is 12.4. The van der Waals surface area contributed by atoms with E-state index in [1.165, 1.54) is 12.1 Å².